The largest absolute Gasteiger partial charge is 0.489 e. The first kappa shape index (κ1) is 52.9. The molecule has 0 unspecified atom stereocenters. The molecule has 4 heterocycles. The fraction of sp³-hybridized carbons (Fsp3) is 0.554. The summed E-state index contributed by atoms with van der Waals surface area (Å²) in [6.45, 7) is 21.7. The number of nitriles is 1. The van der Waals surface area contributed by atoms with E-state index >= 15 is 0 Å². The van der Waals surface area contributed by atoms with E-state index in [0.717, 1.165) is 73.0 Å². The Morgan fingerprint density at radius 2 is 1.65 bits per heavy atom. The average molecular weight is 1020 g/mol. The minimum Gasteiger partial charge on any atom is -0.489 e. The number of benzene rings is 2. The van der Waals surface area contributed by atoms with Crippen molar-refractivity contribution in [1.29, 1.82) is 5.26 Å². The molecular formula is C56H71ClN8O6S. The molecule has 3 N–H and O–H groups in total. The number of amides is 3. The van der Waals surface area contributed by atoms with Crippen molar-refractivity contribution < 1.29 is 29.0 Å². The van der Waals surface area contributed by atoms with Gasteiger partial charge in [-0.05, 0) is 85.8 Å². The third-order valence-corrected chi connectivity index (χ3v) is 17.4. The van der Waals surface area contributed by atoms with E-state index in [1.54, 1.807) is 35.7 Å². The molecule has 14 nitrogen and oxygen atoms in total. The van der Waals surface area contributed by atoms with Crippen LogP contribution in [-0.2, 0) is 14.4 Å². The van der Waals surface area contributed by atoms with E-state index in [4.69, 9.17) is 21.3 Å². The molecule has 3 amide bonds. The first-order valence-electron chi connectivity index (χ1n) is 25.5. The van der Waals surface area contributed by atoms with Gasteiger partial charge in [0.1, 0.15) is 35.8 Å². The maximum Gasteiger partial charge on any atom is 0.246 e. The van der Waals surface area contributed by atoms with E-state index in [2.05, 4.69) is 59.2 Å². The number of nitrogens with zero attached hydrogens (tertiary/aromatic N) is 6. The number of carbonyl (C=O) groups is 4. The molecule has 4 fully saturated rings. The van der Waals surface area contributed by atoms with Gasteiger partial charge in [-0.3, -0.25) is 24.1 Å². The van der Waals surface area contributed by atoms with Crippen molar-refractivity contribution in [1.82, 2.24) is 30.4 Å². The number of aliphatic hydroxyl groups excluding tert-OH is 1. The second-order valence-corrected chi connectivity index (χ2v) is 24.2. The number of aliphatic hydroxyl groups is 1. The van der Waals surface area contributed by atoms with Gasteiger partial charge >= 0.3 is 0 Å². The molecule has 2 aliphatic heterocycles. The number of anilines is 1. The zero-order chi connectivity index (χ0) is 51.9. The number of pyridine rings is 1. The molecule has 16 heteroatoms. The van der Waals surface area contributed by atoms with Gasteiger partial charge in [-0.25, -0.2) is 9.97 Å². The summed E-state index contributed by atoms with van der Waals surface area (Å²) < 4.78 is 6.43. The van der Waals surface area contributed by atoms with Crippen LogP contribution in [0.15, 0.2) is 66.3 Å². The number of ether oxygens (including phenoxy) is 1. The van der Waals surface area contributed by atoms with Crippen LogP contribution >= 0.6 is 22.9 Å². The molecule has 8 rings (SSSR count). The summed E-state index contributed by atoms with van der Waals surface area (Å²) in [6, 6.07) is 17.5. The number of Topliss-reactive ketones (excluding diaryl/α,β-unsaturated/α-hetero) is 1. The van der Waals surface area contributed by atoms with Crippen LogP contribution in [0.5, 0.6) is 5.75 Å². The molecular weight excluding hydrogens is 948 g/mol. The van der Waals surface area contributed by atoms with Crippen LogP contribution in [0.25, 0.3) is 10.4 Å². The predicted octanol–water partition coefficient (Wildman–Crippen LogP) is 8.79. The molecule has 72 heavy (non-hydrogen) atoms. The van der Waals surface area contributed by atoms with Crippen molar-refractivity contribution in [2.45, 2.75) is 137 Å². The number of halogens is 1. The Balaban J connectivity index is 0.759. The molecule has 0 bridgehead atoms. The third kappa shape index (κ3) is 11.2. The quantitative estimate of drug-likeness (QED) is 0.0913. The van der Waals surface area contributed by atoms with E-state index in [9.17, 15) is 29.5 Å². The number of carbonyl (C=O) groups excluding carboxylic acids is 4. The molecule has 2 saturated carbocycles. The molecule has 4 aliphatic rings. The molecule has 4 atom stereocenters. The first-order chi connectivity index (χ1) is 34.0. The van der Waals surface area contributed by atoms with Crippen molar-refractivity contribution in [3.05, 3.63) is 93.7 Å². The van der Waals surface area contributed by atoms with E-state index in [1.165, 1.54) is 4.90 Å². The van der Waals surface area contributed by atoms with Gasteiger partial charge in [0.15, 0.2) is 5.78 Å². The Morgan fingerprint density at radius 1 is 0.958 bits per heavy atom. The summed E-state index contributed by atoms with van der Waals surface area (Å²) in [5.74, 6) is 1.16. The SMILES string of the molecule is Cc1ncsc1-c1ccc([C@H](C)NC(=O)[C@@H]2C[C@@H](O)CN2C(=O)[C@@H](NC(=O)CCC2CC(N3CCN(c4ccc(C(=O)CC5C(C)(C)C(Oc6ccc(C#N)c(Cl)c6)C5(C)C)cn4)CC3)C2)C(C)(C)C)cc1. The lowest BCUT2D eigenvalue weighted by Crippen LogP contribution is -2.66. The Morgan fingerprint density at radius 3 is 2.25 bits per heavy atom. The standard InChI is InChI=1S/C56H71ClN8O6S/c1-33(36-11-13-37(14-12-36)49-34(2)60-32-72-49)61-51(69)44-26-41(66)31-65(44)52(70)50(54(3,4)5)62-48(68)19-10-35-24-40(25-35)63-20-22-64(23-21-63)47-18-16-39(30-59-47)45(67)28-46-55(6,7)53(56(46,8)9)71-42-17-15-38(29-58)43(57)27-42/h11-18,27,30,32-33,35,40-41,44,46,50,53,66H,10,19-26,28,31H2,1-9H3,(H,61,69)(H,62,68)/t33-,35?,40?,41+,44-,46?,50+,53?/m0/s1. The Labute approximate surface area is 433 Å². The van der Waals surface area contributed by atoms with Gasteiger partial charge in [0.05, 0.1) is 38.8 Å². The van der Waals surface area contributed by atoms with Crippen LogP contribution in [-0.4, -0.2) is 111 Å². The number of hydrogen-bond donors (Lipinski definition) is 3. The number of nitrogens with one attached hydrogen (secondary N) is 2. The molecule has 0 radical (unpaired) electrons. The third-order valence-electron chi connectivity index (χ3n) is 16.1. The normalized spacial score (nSPS) is 24.5. The van der Waals surface area contributed by atoms with Gasteiger partial charge < -0.3 is 30.3 Å². The zero-order valence-electron chi connectivity index (χ0n) is 43.2. The van der Waals surface area contributed by atoms with E-state index in [0.29, 0.717) is 46.7 Å². The van der Waals surface area contributed by atoms with Gasteiger partial charge in [0.25, 0.3) is 0 Å². The molecule has 2 aromatic carbocycles. The Bertz CT molecular complexity index is 2650. The summed E-state index contributed by atoms with van der Waals surface area (Å²) in [6.07, 6.45) is 4.31. The fourth-order valence-electron chi connectivity index (χ4n) is 12.0. The van der Waals surface area contributed by atoms with Crippen LogP contribution in [0, 0.1) is 46.3 Å². The van der Waals surface area contributed by atoms with Crippen molar-refractivity contribution in [2.24, 2.45) is 28.1 Å². The zero-order valence-corrected chi connectivity index (χ0v) is 44.8. The highest BCUT2D eigenvalue weighted by molar-refractivity contribution is 7.13. The van der Waals surface area contributed by atoms with Gasteiger partial charge in [0, 0.05) is 86.7 Å². The Hall–Kier alpha value is -5.40. The number of thiazole rings is 1. The monoisotopic (exact) mass is 1020 g/mol. The fourth-order valence-corrected chi connectivity index (χ4v) is 13.0. The van der Waals surface area contributed by atoms with Crippen molar-refractivity contribution in [3.8, 4) is 22.3 Å². The smallest absolute Gasteiger partial charge is 0.246 e. The van der Waals surface area contributed by atoms with Crippen LogP contribution in [0.2, 0.25) is 5.02 Å². The van der Waals surface area contributed by atoms with Crippen molar-refractivity contribution in [2.75, 3.05) is 37.6 Å². The van der Waals surface area contributed by atoms with Crippen molar-refractivity contribution in [3.63, 3.8) is 0 Å². The van der Waals surface area contributed by atoms with Gasteiger partial charge in [-0.15, -0.1) is 11.3 Å². The second-order valence-electron chi connectivity index (χ2n) is 22.9. The van der Waals surface area contributed by atoms with Crippen LogP contribution < -0.4 is 20.3 Å². The number of aromatic nitrogens is 2. The molecule has 0 spiro atoms. The second kappa shape index (κ2) is 21.2. The minimum absolute atomic E-state index is 0.0232. The van der Waals surface area contributed by atoms with Gasteiger partial charge in [-0.2, -0.15) is 5.26 Å². The maximum atomic E-state index is 14.2. The van der Waals surface area contributed by atoms with Crippen LogP contribution in [0.3, 0.4) is 0 Å². The lowest BCUT2D eigenvalue weighted by atomic mass is 9.44. The van der Waals surface area contributed by atoms with E-state index in [1.807, 2.05) is 76.5 Å². The molecule has 2 aromatic heterocycles. The minimum atomic E-state index is -0.868. The summed E-state index contributed by atoms with van der Waals surface area (Å²) >= 11 is 7.86. The average Bonchev–Trinajstić information content (AvgIpc) is 3.95. The molecule has 2 saturated heterocycles. The highest BCUT2D eigenvalue weighted by atomic mass is 35.5. The number of piperazine rings is 1. The van der Waals surface area contributed by atoms with Crippen molar-refractivity contribution >= 4 is 52.3 Å². The topological polar surface area (TPSA) is 181 Å². The number of ketones is 1. The summed E-state index contributed by atoms with van der Waals surface area (Å²) in [4.78, 5) is 71.6. The summed E-state index contributed by atoms with van der Waals surface area (Å²) in [5, 5.41) is 26.4. The van der Waals surface area contributed by atoms with E-state index < -0.39 is 23.6 Å². The van der Waals surface area contributed by atoms with Gasteiger partial charge in [0.2, 0.25) is 17.7 Å². The number of aryl methyl sites for hydroxylation is 1. The summed E-state index contributed by atoms with van der Waals surface area (Å²) in [7, 11) is 0. The van der Waals surface area contributed by atoms with Crippen LogP contribution in [0.4, 0.5) is 5.82 Å². The number of β-amino-alcohol motifs (C(OH)–C–C–N with tert-alkyl or cyclic N) is 1. The number of hydrogen-bond acceptors (Lipinski definition) is 12. The number of rotatable bonds is 16. The number of likely N-dealkylation sites (tertiary alicyclic amines) is 1. The highest BCUT2D eigenvalue weighted by Gasteiger charge is 2.63. The summed E-state index contributed by atoms with van der Waals surface area (Å²) in [5.41, 5.74) is 4.60. The lowest BCUT2D eigenvalue weighted by molar-refractivity contribution is -0.196. The van der Waals surface area contributed by atoms with Gasteiger partial charge in [-0.1, -0.05) is 84.3 Å². The van der Waals surface area contributed by atoms with Crippen LogP contribution in [0.1, 0.15) is 127 Å². The maximum absolute atomic E-state index is 14.2. The van der Waals surface area contributed by atoms with E-state index in [-0.39, 0.29) is 65.4 Å². The Kier molecular flexibility index (Phi) is 15.6. The lowest BCUT2D eigenvalue weighted by Gasteiger charge is -2.63. The first-order valence-corrected chi connectivity index (χ1v) is 26.7. The molecule has 4 aromatic rings. The predicted molar refractivity (Wildman–Crippen MR) is 281 cm³/mol. The molecule has 384 valence electrons. The molecule has 2 aliphatic carbocycles. The highest BCUT2D eigenvalue weighted by Crippen LogP contribution is 2.62.